The highest BCUT2D eigenvalue weighted by Gasteiger charge is 2.34. The molecular weight excluding hydrogens is 342 g/mol. The third kappa shape index (κ3) is 4.38. The molecule has 136 valence electrons. The maximum atomic E-state index is 12.4. The Hall–Kier alpha value is -1.93. The fourth-order valence-corrected chi connectivity index (χ4v) is 5.11. The van der Waals surface area contributed by atoms with E-state index in [0.717, 1.165) is 0 Å². The molecule has 1 unspecified atom stereocenters. The Morgan fingerprint density at radius 3 is 2.24 bits per heavy atom. The average Bonchev–Trinajstić information content (AvgIpc) is 2.95. The molecular formula is C17H23N3O4S. The number of nitrogens with zero attached hydrogens (tertiary/aromatic N) is 2. The van der Waals surface area contributed by atoms with Gasteiger partial charge in [-0.1, -0.05) is 0 Å². The highest BCUT2D eigenvalue weighted by molar-refractivity contribution is 7.91. The van der Waals surface area contributed by atoms with Crippen molar-refractivity contribution >= 4 is 27.3 Å². The molecule has 25 heavy (non-hydrogen) atoms. The van der Waals surface area contributed by atoms with Gasteiger partial charge in [0.05, 0.1) is 11.5 Å². The van der Waals surface area contributed by atoms with E-state index in [1.54, 1.807) is 29.2 Å². The predicted molar refractivity (Wildman–Crippen MR) is 95.7 cm³/mol. The summed E-state index contributed by atoms with van der Waals surface area (Å²) in [6.45, 7) is 4.04. The first kappa shape index (κ1) is 17.9. The van der Waals surface area contributed by atoms with Crippen LogP contribution in [0.2, 0.25) is 0 Å². The first-order valence-electron chi connectivity index (χ1n) is 8.45. The molecule has 0 radical (unpaired) electrons. The van der Waals surface area contributed by atoms with Gasteiger partial charge in [-0.25, -0.2) is 13.2 Å². The van der Waals surface area contributed by atoms with Crippen LogP contribution in [0.4, 0.5) is 10.5 Å². The summed E-state index contributed by atoms with van der Waals surface area (Å²) in [5.74, 6) is 0.499. The van der Waals surface area contributed by atoms with Gasteiger partial charge < -0.3 is 10.2 Å². The second-order valence-corrected chi connectivity index (χ2v) is 8.87. The fraction of sp³-hybridized carbons (Fsp3) is 0.529. The molecule has 2 saturated heterocycles. The van der Waals surface area contributed by atoms with Crippen LogP contribution in [0.1, 0.15) is 23.7 Å². The number of hydrogen-bond donors (Lipinski definition) is 1. The second kappa shape index (κ2) is 7.13. The largest absolute Gasteiger partial charge is 0.322 e. The summed E-state index contributed by atoms with van der Waals surface area (Å²) in [6.07, 6.45) is 0.691. The van der Waals surface area contributed by atoms with Gasteiger partial charge in [0.25, 0.3) is 0 Å². The monoisotopic (exact) mass is 365 g/mol. The van der Waals surface area contributed by atoms with Crippen molar-refractivity contribution in [2.24, 2.45) is 0 Å². The molecule has 8 heteroatoms. The van der Waals surface area contributed by atoms with Crippen LogP contribution in [0.5, 0.6) is 0 Å². The van der Waals surface area contributed by atoms with Gasteiger partial charge in [-0.2, -0.15) is 0 Å². The van der Waals surface area contributed by atoms with E-state index >= 15 is 0 Å². The van der Waals surface area contributed by atoms with Crippen molar-refractivity contribution in [2.45, 2.75) is 19.4 Å². The molecule has 1 aromatic carbocycles. The SMILES string of the molecule is CC(=O)c1ccc(NC(=O)N2CCN(C3CCS(=O)(=O)C3)CC2)cc1. The number of benzene rings is 1. The Morgan fingerprint density at radius 2 is 1.72 bits per heavy atom. The maximum absolute atomic E-state index is 12.4. The zero-order chi connectivity index (χ0) is 18.0. The van der Waals surface area contributed by atoms with Crippen LogP contribution in [0.3, 0.4) is 0 Å². The zero-order valence-electron chi connectivity index (χ0n) is 14.3. The van der Waals surface area contributed by atoms with E-state index in [1.807, 2.05) is 0 Å². The lowest BCUT2D eigenvalue weighted by Crippen LogP contribution is -2.53. The molecule has 1 N–H and O–H groups in total. The lowest BCUT2D eigenvalue weighted by molar-refractivity contribution is 0.101. The molecule has 1 aromatic rings. The van der Waals surface area contributed by atoms with Gasteiger partial charge in [-0.05, 0) is 37.6 Å². The minimum absolute atomic E-state index is 0.0112. The number of ketones is 1. The molecule has 0 aromatic heterocycles. The molecule has 2 amide bonds. The quantitative estimate of drug-likeness (QED) is 0.814. The van der Waals surface area contributed by atoms with E-state index in [2.05, 4.69) is 10.2 Å². The molecule has 1 atom stereocenters. The van der Waals surface area contributed by atoms with E-state index in [-0.39, 0.29) is 29.4 Å². The van der Waals surface area contributed by atoms with Crippen LogP contribution >= 0.6 is 0 Å². The predicted octanol–water partition coefficient (Wildman–Crippen LogP) is 1.23. The van der Waals surface area contributed by atoms with E-state index in [4.69, 9.17) is 0 Å². The van der Waals surface area contributed by atoms with E-state index < -0.39 is 9.84 Å². The van der Waals surface area contributed by atoms with Crippen molar-refractivity contribution in [1.29, 1.82) is 0 Å². The van der Waals surface area contributed by atoms with Crippen molar-refractivity contribution in [3.63, 3.8) is 0 Å². The zero-order valence-corrected chi connectivity index (χ0v) is 15.1. The Balaban J connectivity index is 1.50. The maximum Gasteiger partial charge on any atom is 0.321 e. The van der Waals surface area contributed by atoms with Gasteiger partial charge in [0, 0.05) is 43.5 Å². The number of rotatable bonds is 3. The number of sulfone groups is 1. The number of carbonyl (C=O) groups is 2. The summed E-state index contributed by atoms with van der Waals surface area (Å²) in [5.41, 5.74) is 1.26. The van der Waals surface area contributed by atoms with Crippen molar-refractivity contribution in [2.75, 3.05) is 43.0 Å². The topological polar surface area (TPSA) is 86.8 Å². The van der Waals surface area contributed by atoms with Gasteiger partial charge in [-0.3, -0.25) is 9.69 Å². The summed E-state index contributed by atoms with van der Waals surface area (Å²) in [4.78, 5) is 27.5. The van der Waals surface area contributed by atoms with Crippen LogP contribution in [0.25, 0.3) is 0 Å². The molecule has 0 bridgehead atoms. The third-order valence-electron chi connectivity index (χ3n) is 4.87. The van der Waals surface area contributed by atoms with E-state index in [9.17, 15) is 18.0 Å². The second-order valence-electron chi connectivity index (χ2n) is 6.64. The number of urea groups is 1. The van der Waals surface area contributed by atoms with Crippen molar-refractivity contribution in [1.82, 2.24) is 9.80 Å². The minimum atomic E-state index is -2.88. The standard InChI is InChI=1S/C17H23N3O4S/c1-13(21)14-2-4-15(5-3-14)18-17(22)20-9-7-19(8-10-20)16-6-11-25(23,24)12-16/h2-5,16H,6-12H2,1H3,(H,18,22). The number of amides is 2. The fourth-order valence-electron chi connectivity index (χ4n) is 3.34. The molecule has 2 aliphatic rings. The van der Waals surface area contributed by atoms with Crippen LogP contribution in [0, 0.1) is 0 Å². The summed E-state index contributed by atoms with van der Waals surface area (Å²) < 4.78 is 23.2. The van der Waals surface area contributed by atoms with E-state index in [1.165, 1.54) is 6.92 Å². The normalized spacial score (nSPS) is 23.4. The minimum Gasteiger partial charge on any atom is -0.322 e. The highest BCUT2D eigenvalue weighted by Crippen LogP contribution is 2.19. The lowest BCUT2D eigenvalue weighted by atomic mass is 10.1. The van der Waals surface area contributed by atoms with Gasteiger partial charge >= 0.3 is 6.03 Å². The van der Waals surface area contributed by atoms with Gasteiger partial charge in [0.15, 0.2) is 15.6 Å². The Kier molecular flexibility index (Phi) is 5.10. The van der Waals surface area contributed by atoms with Crippen molar-refractivity contribution in [3.05, 3.63) is 29.8 Å². The number of piperazine rings is 1. The van der Waals surface area contributed by atoms with Gasteiger partial charge in [-0.15, -0.1) is 0 Å². The first-order chi connectivity index (χ1) is 11.8. The molecule has 2 fully saturated rings. The molecule has 7 nitrogen and oxygen atoms in total. The molecule has 0 aliphatic carbocycles. The molecule has 0 saturated carbocycles. The summed E-state index contributed by atoms with van der Waals surface area (Å²) in [5, 5.41) is 2.84. The number of Topliss-reactive ketones (excluding diaryl/α,β-unsaturated/α-hetero) is 1. The van der Waals surface area contributed by atoms with Crippen molar-refractivity contribution < 1.29 is 18.0 Å². The van der Waals surface area contributed by atoms with Crippen LogP contribution in [-0.4, -0.2) is 73.8 Å². The highest BCUT2D eigenvalue weighted by atomic mass is 32.2. The van der Waals surface area contributed by atoms with Crippen LogP contribution in [0.15, 0.2) is 24.3 Å². The number of carbonyl (C=O) groups excluding carboxylic acids is 2. The molecule has 0 spiro atoms. The first-order valence-corrected chi connectivity index (χ1v) is 10.3. The van der Waals surface area contributed by atoms with Gasteiger partial charge in [0.1, 0.15) is 0 Å². The smallest absolute Gasteiger partial charge is 0.321 e. The Bertz CT molecular complexity index is 753. The number of hydrogen-bond acceptors (Lipinski definition) is 5. The number of nitrogens with one attached hydrogen (secondary N) is 1. The number of anilines is 1. The van der Waals surface area contributed by atoms with Crippen LogP contribution in [-0.2, 0) is 9.84 Å². The summed E-state index contributed by atoms with van der Waals surface area (Å²) in [7, 11) is -2.88. The Morgan fingerprint density at radius 1 is 1.08 bits per heavy atom. The average molecular weight is 365 g/mol. The van der Waals surface area contributed by atoms with E-state index in [0.29, 0.717) is 43.9 Å². The molecule has 2 heterocycles. The molecule has 2 aliphatic heterocycles. The van der Waals surface area contributed by atoms with Crippen molar-refractivity contribution in [3.8, 4) is 0 Å². The molecule has 3 rings (SSSR count). The summed E-state index contributed by atoms with van der Waals surface area (Å²) in [6, 6.07) is 6.73. The lowest BCUT2D eigenvalue weighted by Gasteiger charge is -2.37. The van der Waals surface area contributed by atoms with Gasteiger partial charge in [0.2, 0.25) is 0 Å². The summed E-state index contributed by atoms with van der Waals surface area (Å²) >= 11 is 0. The van der Waals surface area contributed by atoms with Crippen LogP contribution < -0.4 is 5.32 Å². The third-order valence-corrected chi connectivity index (χ3v) is 6.62. The Labute approximate surface area is 147 Å².